The average Bonchev–Trinajstić information content (AvgIpc) is 3.24. The summed E-state index contributed by atoms with van der Waals surface area (Å²) in [5.74, 6) is 0.964. The van der Waals surface area contributed by atoms with Gasteiger partial charge in [-0.15, -0.1) is 0 Å². The molecule has 146 valence electrons. The van der Waals surface area contributed by atoms with Crippen LogP contribution in [0.15, 0.2) is 58.0 Å². The summed E-state index contributed by atoms with van der Waals surface area (Å²) in [7, 11) is 0. The lowest BCUT2D eigenvalue weighted by atomic mass is 9.89. The van der Waals surface area contributed by atoms with Crippen LogP contribution >= 0.6 is 27.5 Å². The molecule has 2 nitrogen and oxygen atoms in total. The van der Waals surface area contributed by atoms with Crippen LogP contribution in [0.2, 0.25) is 5.02 Å². The van der Waals surface area contributed by atoms with Gasteiger partial charge in [0, 0.05) is 21.6 Å². The van der Waals surface area contributed by atoms with Crippen LogP contribution < -0.4 is 5.32 Å². The number of hydrogen-bond acceptors (Lipinski definition) is 2. The Bertz CT molecular complexity index is 944. The first kappa shape index (κ1) is 20.9. The lowest BCUT2D eigenvalue weighted by molar-refractivity contribution is 0.955. The Morgan fingerprint density at radius 3 is 2.82 bits per heavy atom. The van der Waals surface area contributed by atoms with Gasteiger partial charge in [-0.3, -0.25) is 4.99 Å². The van der Waals surface area contributed by atoms with Gasteiger partial charge in [0.15, 0.2) is 0 Å². The molecule has 1 N–H and O–H groups in total. The molecule has 0 saturated heterocycles. The largest absolute Gasteiger partial charge is 0.368 e. The third kappa shape index (κ3) is 4.59. The van der Waals surface area contributed by atoms with E-state index < -0.39 is 0 Å². The van der Waals surface area contributed by atoms with Gasteiger partial charge in [0.25, 0.3) is 0 Å². The van der Waals surface area contributed by atoms with Crippen LogP contribution in [0.4, 0.5) is 0 Å². The molecule has 0 unspecified atom stereocenters. The van der Waals surface area contributed by atoms with Gasteiger partial charge in [-0.1, -0.05) is 70.9 Å². The zero-order chi connectivity index (χ0) is 20.1. The molecule has 0 atom stereocenters. The molecular formula is C24H26BrClN2. The summed E-state index contributed by atoms with van der Waals surface area (Å²) in [5.41, 5.74) is 7.46. The van der Waals surface area contributed by atoms with Gasteiger partial charge in [-0.05, 0) is 66.6 Å². The van der Waals surface area contributed by atoms with E-state index in [0.717, 1.165) is 64.4 Å². The van der Waals surface area contributed by atoms with E-state index in [1.165, 1.54) is 16.7 Å². The van der Waals surface area contributed by atoms with Gasteiger partial charge in [-0.2, -0.15) is 0 Å². The SMILES string of the molecule is C=Cc1cc(Br)ccc1/C(CCc1c(Cl)cccc1C1=NCCN1)=C(\C)CC. The Morgan fingerprint density at radius 1 is 1.32 bits per heavy atom. The summed E-state index contributed by atoms with van der Waals surface area (Å²) < 4.78 is 1.07. The second kappa shape index (κ2) is 9.58. The van der Waals surface area contributed by atoms with Crippen LogP contribution in [0.25, 0.3) is 11.6 Å². The fourth-order valence-electron chi connectivity index (χ4n) is 3.63. The molecule has 1 aliphatic heterocycles. The van der Waals surface area contributed by atoms with Crippen molar-refractivity contribution in [2.24, 2.45) is 4.99 Å². The lowest BCUT2D eigenvalue weighted by Crippen LogP contribution is -2.21. The van der Waals surface area contributed by atoms with E-state index in [1.807, 2.05) is 18.2 Å². The number of hydrogen-bond donors (Lipinski definition) is 1. The van der Waals surface area contributed by atoms with Crippen molar-refractivity contribution in [2.75, 3.05) is 13.1 Å². The van der Waals surface area contributed by atoms with Crippen molar-refractivity contribution in [3.63, 3.8) is 0 Å². The highest BCUT2D eigenvalue weighted by Gasteiger charge is 2.17. The van der Waals surface area contributed by atoms with E-state index in [9.17, 15) is 0 Å². The molecule has 1 heterocycles. The zero-order valence-electron chi connectivity index (χ0n) is 16.5. The van der Waals surface area contributed by atoms with Gasteiger partial charge < -0.3 is 5.32 Å². The average molecular weight is 458 g/mol. The van der Waals surface area contributed by atoms with Gasteiger partial charge in [0.05, 0.1) is 6.54 Å². The summed E-state index contributed by atoms with van der Waals surface area (Å²) in [4.78, 5) is 4.60. The van der Waals surface area contributed by atoms with E-state index >= 15 is 0 Å². The summed E-state index contributed by atoms with van der Waals surface area (Å²) >= 11 is 10.2. The minimum absolute atomic E-state index is 0.808. The van der Waals surface area contributed by atoms with E-state index in [-0.39, 0.29) is 0 Å². The number of aliphatic imine (C=N–C) groups is 1. The Labute approximate surface area is 181 Å². The molecule has 3 rings (SSSR count). The molecule has 1 aliphatic rings. The molecule has 4 heteroatoms. The summed E-state index contributed by atoms with van der Waals surface area (Å²) in [6, 6.07) is 12.5. The summed E-state index contributed by atoms with van der Waals surface area (Å²) in [6.07, 6.45) is 4.74. The molecule has 0 fully saturated rings. The number of allylic oxidation sites excluding steroid dienone is 2. The normalized spacial score (nSPS) is 14.4. The molecular weight excluding hydrogens is 432 g/mol. The Kier molecular flexibility index (Phi) is 7.14. The van der Waals surface area contributed by atoms with Crippen molar-refractivity contribution in [3.05, 3.63) is 80.3 Å². The maximum Gasteiger partial charge on any atom is 0.128 e. The van der Waals surface area contributed by atoms with Crippen molar-refractivity contribution in [2.45, 2.75) is 33.1 Å². The number of nitrogens with one attached hydrogen (secondary N) is 1. The third-order valence-electron chi connectivity index (χ3n) is 5.28. The second-order valence-electron chi connectivity index (χ2n) is 6.97. The molecule has 0 spiro atoms. The maximum atomic E-state index is 6.61. The first-order chi connectivity index (χ1) is 13.5. The summed E-state index contributed by atoms with van der Waals surface area (Å²) in [6.45, 7) is 10.2. The highest BCUT2D eigenvalue weighted by Crippen LogP contribution is 2.33. The first-order valence-electron chi connectivity index (χ1n) is 9.72. The van der Waals surface area contributed by atoms with Crippen LogP contribution in [0.5, 0.6) is 0 Å². The monoisotopic (exact) mass is 456 g/mol. The van der Waals surface area contributed by atoms with Crippen LogP contribution in [0, 0.1) is 0 Å². The van der Waals surface area contributed by atoms with E-state index in [4.69, 9.17) is 11.6 Å². The van der Waals surface area contributed by atoms with Gasteiger partial charge >= 0.3 is 0 Å². The molecule has 28 heavy (non-hydrogen) atoms. The highest BCUT2D eigenvalue weighted by molar-refractivity contribution is 9.10. The van der Waals surface area contributed by atoms with Gasteiger partial charge in [0.1, 0.15) is 5.84 Å². The zero-order valence-corrected chi connectivity index (χ0v) is 18.8. The number of benzene rings is 2. The van der Waals surface area contributed by atoms with E-state index in [1.54, 1.807) is 0 Å². The third-order valence-corrected chi connectivity index (χ3v) is 6.12. The fourth-order valence-corrected chi connectivity index (χ4v) is 4.28. The summed E-state index contributed by atoms with van der Waals surface area (Å²) in [5, 5.41) is 4.19. The van der Waals surface area contributed by atoms with Crippen molar-refractivity contribution in [3.8, 4) is 0 Å². The molecule has 0 bridgehead atoms. The van der Waals surface area contributed by atoms with Crippen molar-refractivity contribution < 1.29 is 0 Å². The maximum absolute atomic E-state index is 6.61. The standard InChI is InChI=1S/C24H26BrClN2/c1-4-16(3)19(20-10-9-18(25)15-17(20)5-2)11-12-21-22(7-6-8-23(21)26)24-27-13-14-28-24/h5-10,15H,2,4,11-14H2,1,3H3,(H,27,28)/b19-16+. The number of rotatable bonds is 7. The number of amidine groups is 1. The molecule has 0 radical (unpaired) electrons. The van der Waals surface area contributed by atoms with Crippen LogP contribution in [-0.4, -0.2) is 18.9 Å². The molecule has 0 saturated carbocycles. The van der Waals surface area contributed by atoms with Crippen molar-refractivity contribution in [1.82, 2.24) is 5.32 Å². The van der Waals surface area contributed by atoms with E-state index in [2.05, 4.69) is 70.9 Å². The molecule has 0 aromatic heterocycles. The molecule has 2 aromatic rings. The lowest BCUT2D eigenvalue weighted by Gasteiger charge is -2.17. The Hall–Kier alpha value is -1.84. The van der Waals surface area contributed by atoms with Gasteiger partial charge in [-0.25, -0.2) is 0 Å². The van der Waals surface area contributed by atoms with E-state index in [0.29, 0.717) is 0 Å². The number of halogens is 2. The Morgan fingerprint density at radius 2 is 2.14 bits per heavy atom. The highest BCUT2D eigenvalue weighted by atomic mass is 79.9. The number of nitrogens with zero attached hydrogens (tertiary/aromatic N) is 1. The smallest absolute Gasteiger partial charge is 0.128 e. The Balaban J connectivity index is 1.97. The molecule has 0 amide bonds. The van der Waals surface area contributed by atoms with Crippen molar-refractivity contribution in [1.29, 1.82) is 0 Å². The molecule has 0 aliphatic carbocycles. The van der Waals surface area contributed by atoms with Crippen LogP contribution in [0.3, 0.4) is 0 Å². The van der Waals surface area contributed by atoms with Crippen LogP contribution in [0.1, 0.15) is 48.9 Å². The second-order valence-corrected chi connectivity index (χ2v) is 8.29. The predicted octanol–water partition coefficient (Wildman–Crippen LogP) is 6.91. The molecule has 2 aromatic carbocycles. The quantitative estimate of drug-likeness (QED) is 0.480. The topological polar surface area (TPSA) is 24.4 Å². The first-order valence-corrected chi connectivity index (χ1v) is 10.9. The minimum Gasteiger partial charge on any atom is -0.368 e. The van der Waals surface area contributed by atoms with Gasteiger partial charge in [0.2, 0.25) is 0 Å². The predicted molar refractivity (Wildman–Crippen MR) is 126 cm³/mol. The minimum atomic E-state index is 0.808. The van der Waals surface area contributed by atoms with Crippen LogP contribution in [-0.2, 0) is 6.42 Å². The fraction of sp³-hybridized carbons (Fsp3) is 0.292. The van der Waals surface area contributed by atoms with Crippen molar-refractivity contribution >= 4 is 45.0 Å².